The van der Waals surface area contributed by atoms with Crippen molar-refractivity contribution in [3.63, 3.8) is 0 Å². The first kappa shape index (κ1) is 14.7. The van der Waals surface area contributed by atoms with Crippen molar-refractivity contribution in [1.29, 1.82) is 0 Å². The van der Waals surface area contributed by atoms with Crippen LogP contribution in [0.3, 0.4) is 0 Å². The first-order valence-electron chi connectivity index (χ1n) is 6.31. The molecule has 0 amide bonds. The Labute approximate surface area is 114 Å². The largest absolute Gasteiger partial charge is 0.419 e. The van der Waals surface area contributed by atoms with Gasteiger partial charge in [0.2, 0.25) is 0 Å². The lowest BCUT2D eigenvalue weighted by Gasteiger charge is -2.20. The van der Waals surface area contributed by atoms with Crippen LogP contribution in [0.4, 0.5) is 8.78 Å². The van der Waals surface area contributed by atoms with E-state index in [4.69, 9.17) is 9.52 Å². The molecule has 2 rings (SSSR count). The molecule has 1 aromatic heterocycles. The van der Waals surface area contributed by atoms with Gasteiger partial charge in [0.05, 0.1) is 18.7 Å². The van der Waals surface area contributed by atoms with Crippen molar-refractivity contribution in [2.45, 2.75) is 13.0 Å². The molecular weight excluding hydrogens is 270 g/mol. The number of benzene rings is 1. The summed E-state index contributed by atoms with van der Waals surface area (Å²) in [6, 6.07) is 6.95. The fourth-order valence-electron chi connectivity index (χ4n) is 2.10. The summed E-state index contributed by atoms with van der Waals surface area (Å²) in [4.78, 5) is 13.1. The molecule has 1 aromatic carbocycles. The van der Waals surface area contributed by atoms with Crippen molar-refractivity contribution >= 4 is 11.1 Å². The zero-order valence-electron chi connectivity index (χ0n) is 10.8. The molecule has 0 bridgehead atoms. The lowest BCUT2D eigenvalue weighted by atomic mass is 10.3. The number of nitrogens with zero attached hydrogens (tertiary/aromatic N) is 2. The number of oxazole rings is 1. The lowest BCUT2D eigenvalue weighted by Crippen LogP contribution is -2.35. The molecule has 0 radical (unpaired) electrons. The summed E-state index contributed by atoms with van der Waals surface area (Å²) >= 11 is 0. The average Bonchev–Trinajstić information content (AvgIpc) is 2.71. The van der Waals surface area contributed by atoms with E-state index in [0.717, 1.165) is 0 Å². The number of rotatable bonds is 7. The van der Waals surface area contributed by atoms with Gasteiger partial charge in [-0.25, -0.2) is 13.6 Å². The summed E-state index contributed by atoms with van der Waals surface area (Å²) in [7, 11) is 0. The van der Waals surface area contributed by atoms with E-state index in [1.165, 1.54) is 9.47 Å². The normalized spacial score (nSPS) is 11.8. The molecule has 0 aliphatic carbocycles. The quantitative estimate of drug-likeness (QED) is 0.829. The zero-order chi connectivity index (χ0) is 14.5. The second-order valence-corrected chi connectivity index (χ2v) is 4.40. The van der Waals surface area contributed by atoms with Crippen molar-refractivity contribution in [1.82, 2.24) is 9.47 Å². The van der Waals surface area contributed by atoms with E-state index in [1.54, 1.807) is 24.3 Å². The Morgan fingerprint density at radius 1 is 1.30 bits per heavy atom. The van der Waals surface area contributed by atoms with Crippen LogP contribution in [0.2, 0.25) is 0 Å². The van der Waals surface area contributed by atoms with Gasteiger partial charge < -0.3 is 9.52 Å². The van der Waals surface area contributed by atoms with Crippen LogP contribution in [0.5, 0.6) is 0 Å². The molecule has 0 atom stereocenters. The maximum atomic E-state index is 12.4. The van der Waals surface area contributed by atoms with Crippen LogP contribution in [-0.2, 0) is 6.54 Å². The summed E-state index contributed by atoms with van der Waals surface area (Å²) in [6.07, 6.45) is -2.47. The summed E-state index contributed by atoms with van der Waals surface area (Å²) in [5.41, 5.74) is 1.11. The molecule has 1 N–H and O–H groups in total. The minimum atomic E-state index is -2.47. The predicted molar refractivity (Wildman–Crippen MR) is 70.0 cm³/mol. The van der Waals surface area contributed by atoms with Crippen LogP contribution in [-0.4, -0.2) is 47.2 Å². The van der Waals surface area contributed by atoms with E-state index in [-0.39, 0.29) is 26.2 Å². The molecule has 0 saturated heterocycles. The van der Waals surface area contributed by atoms with Gasteiger partial charge in [0, 0.05) is 19.6 Å². The monoisotopic (exact) mass is 286 g/mol. The Kier molecular flexibility index (Phi) is 4.86. The maximum Gasteiger partial charge on any atom is 0.419 e. The third-order valence-corrected chi connectivity index (χ3v) is 3.03. The molecule has 0 unspecified atom stereocenters. The highest BCUT2D eigenvalue weighted by molar-refractivity contribution is 5.72. The molecular formula is C13H16F2N2O3. The van der Waals surface area contributed by atoms with Gasteiger partial charge in [-0.1, -0.05) is 12.1 Å². The lowest BCUT2D eigenvalue weighted by molar-refractivity contribution is 0.0764. The minimum Gasteiger partial charge on any atom is -0.408 e. The van der Waals surface area contributed by atoms with E-state index in [0.29, 0.717) is 11.1 Å². The Balaban J connectivity index is 2.11. The van der Waals surface area contributed by atoms with E-state index in [9.17, 15) is 13.6 Å². The molecule has 1 heterocycles. The number of aliphatic hydroxyl groups excluding tert-OH is 1. The molecule has 0 saturated carbocycles. The SMILES string of the molecule is O=c1oc2ccccc2n1CCN(CCO)CC(F)F. The number of halogens is 2. The van der Waals surface area contributed by atoms with Crippen LogP contribution < -0.4 is 5.76 Å². The molecule has 7 heteroatoms. The van der Waals surface area contributed by atoms with Crippen molar-refractivity contribution in [3.05, 3.63) is 34.8 Å². The van der Waals surface area contributed by atoms with E-state index < -0.39 is 18.7 Å². The van der Waals surface area contributed by atoms with E-state index >= 15 is 0 Å². The van der Waals surface area contributed by atoms with Crippen molar-refractivity contribution in [3.8, 4) is 0 Å². The highest BCUT2D eigenvalue weighted by atomic mass is 19.3. The van der Waals surface area contributed by atoms with Gasteiger partial charge in [-0.15, -0.1) is 0 Å². The smallest absolute Gasteiger partial charge is 0.408 e. The van der Waals surface area contributed by atoms with Crippen molar-refractivity contribution < 1.29 is 18.3 Å². The summed E-state index contributed by atoms with van der Waals surface area (Å²) in [6.45, 7) is 0.00459. The fraction of sp³-hybridized carbons (Fsp3) is 0.462. The molecule has 5 nitrogen and oxygen atoms in total. The van der Waals surface area contributed by atoms with Crippen LogP contribution in [0.15, 0.2) is 33.5 Å². The standard InChI is InChI=1S/C13H16F2N2O3/c14-12(15)9-16(7-8-18)5-6-17-10-3-1-2-4-11(10)20-13(17)19/h1-4,12,18H,5-9H2. The Morgan fingerprint density at radius 2 is 2.05 bits per heavy atom. The van der Waals surface area contributed by atoms with E-state index in [2.05, 4.69) is 0 Å². The number of alkyl halides is 2. The van der Waals surface area contributed by atoms with Crippen LogP contribution >= 0.6 is 0 Å². The first-order valence-corrected chi connectivity index (χ1v) is 6.31. The molecule has 0 aliphatic heterocycles. The number of para-hydroxylation sites is 2. The van der Waals surface area contributed by atoms with Gasteiger partial charge in [0.1, 0.15) is 0 Å². The second-order valence-electron chi connectivity index (χ2n) is 4.40. The summed E-state index contributed by atoms with van der Waals surface area (Å²) < 4.78 is 31.3. The van der Waals surface area contributed by atoms with Crippen LogP contribution in [0.1, 0.15) is 0 Å². The van der Waals surface area contributed by atoms with Crippen molar-refractivity contribution in [2.24, 2.45) is 0 Å². The Bertz CT molecular complexity index is 609. The third kappa shape index (κ3) is 3.43. The molecule has 20 heavy (non-hydrogen) atoms. The molecule has 0 aliphatic rings. The number of aliphatic hydroxyl groups is 1. The fourth-order valence-corrected chi connectivity index (χ4v) is 2.10. The second kappa shape index (κ2) is 6.62. The van der Waals surface area contributed by atoms with E-state index in [1.807, 2.05) is 0 Å². The van der Waals surface area contributed by atoms with Gasteiger partial charge >= 0.3 is 5.76 Å². The number of fused-ring (bicyclic) bond motifs is 1. The predicted octanol–water partition coefficient (Wildman–Crippen LogP) is 1.15. The Hall–Kier alpha value is -1.73. The number of aromatic nitrogens is 1. The topological polar surface area (TPSA) is 58.6 Å². The zero-order valence-corrected chi connectivity index (χ0v) is 10.8. The van der Waals surface area contributed by atoms with Gasteiger partial charge in [-0.05, 0) is 12.1 Å². The number of hydrogen-bond acceptors (Lipinski definition) is 4. The molecule has 2 aromatic rings. The molecule has 110 valence electrons. The van der Waals surface area contributed by atoms with Gasteiger partial charge in [-0.2, -0.15) is 0 Å². The highest BCUT2D eigenvalue weighted by Gasteiger charge is 2.14. The number of hydrogen-bond donors (Lipinski definition) is 1. The minimum absolute atomic E-state index is 0.148. The molecule has 0 fully saturated rings. The first-order chi connectivity index (χ1) is 9.61. The van der Waals surface area contributed by atoms with Gasteiger partial charge in [0.25, 0.3) is 6.43 Å². The highest BCUT2D eigenvalue weighted by Crippen LogP contribution is 2.11. The van der Waals surface area contributed by atoms with Crippen molar-refractivity contribution in [2.75, 3.05) is 26.2 Å². The van der Waals surface area contributed by atoms with Gasteiger partial charge in [-0.3, -0.25) is 9.47 Å². The van der Waals surface area contributed by atoms with Crippen LogP contribution in [0, 0.1) is 0 Å². The third-order valence-electron chi connectivity index (χ3n) is 3.03. The van der Waals surface area contributed by atoms with Gasteiger partial charge in [0.15, 0.2) is 5.58 Å². The summed E-state index contributed by atoms with van der Waals surface area (Å²) in [5, 5.41) is 8.86. The van der Waals surface area contributed by atoms with Crippen LogP contribution in [0.25, 0.3) is 11.1 Å². The average molecular weight is 286 g/mol. The summed E-state index contributed by atoms with van der Waals surface area (Å²) in [5.74, 6) is -0.507. The maximum absolute atomic E-state index is 12.4. The molecule has 0 spiro atoms. The Morgan fingerprint density at radius 3 is 2.75 bits per heavy atom.